The van der Waals surface area contributed by atoms with E-state index in [1.165, 1.54) is 18.2 Å². The summed E-state index contributed by atoms with van der Waals surface area (Å²) < 4.78 is 12.9. The fraction of sp³-hybridized carbons (Fsp3) is 0. The van der Waals surface area contributed by atoms with Crippen molar-refractivity contribution in [2.75, 3.05) is 0 Å². The van der Waals surface area contributed by atoms with Crippen molar-refractivity contribution < 1.29 is 14.3 Å². The summed E-state index contributed by atoms with van der Waals surface area (Å²) in [6, 6.07) is 17.2. The van der Waals surface area contributed by atoms with Crippen LogP contribution in [-0.2, 0) is 0 Å². The molecule has 0 spiro atoms. The predicted octanol–water partition coefficient (Wildman–Crippen LogP) is 4.19. The number of aromatic nitrogens is 1. The zero-order valence-electron chi connectivity index (χ0n) is 11.0. The molecule has 3 nitrogen and oxygen atoms in total. The average molecular weight is 281 g/mol. The van der Waals surface area contributed by atoms with Crippen LogP contribution in [0.3, 0.4) is 0 Å². The molecule has 1 aromatic heterocycles. The number of nitrogens with one attached hydrogen (secondary N) is 1. The number of carboxylic acids is 1. The lowest BCUT2D eigenvalue weighted by atomic mass is 10.0. The summed E-state index contributed by atoms with van der Waals surface area (Å²) in [4.78, 5) is 13.7. The van der Waals surface area contributed by atoms with Crippen LogP contribution < -0.4 is 0 Å². The normalized spacial score (nSPS) is 10.5. The summed E-state index contributed by atoms with van der Waals surface area (Å²) in [6.45, 7) is 0. The largest absolute Gasteiger partial charge is 0.477 e. The first kappa shape index (κ1) is 13.1. The Morgan fingerprint density at radius 2 is 1.33 bits per heavy atom. The van der Waals surface area contributed by atoms with Gasteiger partial charge in [-0.15, -0.1) is 0 Å². The van der Waals surface area contributed by atoms with Crippen LogP contribution in [0.25, 0.3) is 22.4 Å². The highest BCUT2D eigenvalue weighted by atomic mass is 19.1. The highest BCUT2D eigenvalue weighted by molar-refractivity contribution is 5.87. The third-order valence-corrected chi connectivity index (χ3v) is 3.29. The van der Waals surface area contributed by atoms with Crippen LogP contribution in [0.4, 0.5) is 4.39 Å². The minimum absolute atomic E-state index is 0.160. The van der Waals surface area contributed by atoms with Crippen molar-refractivity contribution in [2.45, 2.75) is 0 Å². The maximum Gasteiger partial charge on any atom is 0.352 e. The monoisotopic (exact) mass is 281 g/mol. The van der Waals surface area contributed by atoms with Crippen LogP contribution in [0.1, 0.15) is 10.5 Å². The van der Waals surface area contributed by atoms with E-state index in [0.717, 1.165) is 22.4 Å². The molecule has 0 amide bonds. The van der Waals surface area contributed by atoms with E-state index < -0.39 is 5.97 Å². The van der Waals surface area contributed by atoms with Crippen LogP contribution in [0.15, 0.2) is 60.7 Å². The maximum atomic E-state index is 12.9. The molecule has 0 saturated heterocycles. The number of carbonyl (C=O) groups is 1. The van der Waals surface area contributed by atoms with Gasteiger partial charge in [-0.05, 0) is 41.0 Å². The van der Waals surface area contributed by atoms with Gasteiger partial charge < -0.3 is 10.1 Å². The van der Waals surface area contributed by atoms with Gasteiger partial charge in [0.05, 0.1) is 0 Å². The Morgan fingerprint density at radius 1 is 0.810 bits per heavy atom. The van der Waals surface area contributed by atoms with E-state index in [4.69, 9.17) is 5.11 Å². The number of aromatic carboxylic acids is 1. The molecular formula is C17H12FNO2. The second kappa shape index (κ2) is 5.25. The highest BCUT2D eigenvalue weighted by Crippen LogP contribution is 2.24. The fourth-order valence-corrected chi connectivity index (χ4v) is 2.17. The molecule has 3 aromatic rings. The number of aromatic amines is 1. The summed E-state index contributed by atoms with van der Waals surface area (Å²) in [6.07, 6.45) is 0. The Labute approximate surface area is 120 Å². The zero-order chi connectivity index (χ0) is 14.8. The van der Waals surface area contributed by atoms with Crippen molar-refractivity contribution in [3.05, 3.63) is 72.2 Å². The molecule has 0 aliphatic heterocycles. The van der Waals surface area contributed by atoms with E-state index in [2.05, 4.69) is 4.98 Å². The first-order valence-electron chi connectivity index (χ1n) is 6.42. The van der Waals surface area contributed by atoms with Crippen molar-refractivity contribution in [2.24, 2.45) is 0 Å². The summed E-state index contributed by atoms with van der Waals surface area (Å²) in [5.74, 6) is -1.24. The number of carboxylic acid groups (broad SMARTS) is 1. The smallest absolute Gasteiger partial charge is 0.352 e. The Hall–Kier alpha value is -2.88. The molecule has 104 valence electrons. The van der Waals surface area contributed by atoms with E-state index in [0.29, 0.717) is 0 Å². The van der Waals surface area contributed by atoms with Crippen molar-refractivity contribution in [3.63, 3.8) is 0 Å². The first-order valence-corrected chi connectivity index (χ1v) is 6.42. The molecule has 4 heteroatoms. The minimum Gasteiger partial charge on any atom is -0.477 e. The van der Waals surface area contributed by atoms with Crippen molar-refractivity contribution in [3.8, 4) is 22.4 Å². The number of rotatable bonds is 3. The number of hydrogen-bond acceptors (Lipinski definition) is 1. The molecule has 1 heterocycles. The molecule has 3 rings (SSSR count). The number of hydrogen-bond donors (Lipinski definition) is 2. The fourth-order valence-electron chi connectivity index (χ4n) is 2.17. The molecule has 0 atom stereocenters. The highest BCUT2D eigenvalue weighted by Gasteiger charge is 2.07. The van der Waals surface area contributed by atoms with Gasteiger partial charge in [0.1, 0.15) is 11.5 Å². The standard InChI is InChI=1S/C17H12FNO2/c18-14-7-5-12(6-8-14)11-1-3-13(4-2-11)15-9-10-16(19-15)17(20)21/h1-10,19H,(H,20,21). The van der Waals surface area contributed by atoms with E-state index in [-0.39, 0.29) is 11.5 Å². The SMILES string of the molecule is O=C(O)c1ccc(-c2ccc(-c3ccc(F)cc3)cc2)[nH]1. The molecule has 0 unspecified atom stereocenters. The Kier molecular flexibility index (Phi) is 3.28. The van der Waals surface area contributed by atoms with Gasteiger partial charge in [0.2, 0.25) is 0 Å². The van der Waals surface area contributed by atoms with Gasteiger partial charge in [-0.2, -0.15) is 0 Å². The lowest BCUT2D eigenvalue weighted by Crippen LogP contribution is -1.95. The molecule has 0 radical (unpaired) electrons. The number of H-pyrrole nitrogens is 1. The first-order chi connectivity index (χ1) is 10.1. The number of benzene rings is 2. The molecule has 0 aliphatic carbocycles. The zero-order valence-corrected chi connectivity index (χ0v) is 11.0. The van der Waals surface area contributed by atoms with Crippen molar-refractivity contribution in [1.82, 2.24) is 4.98 Å². The Morgan fingerprint density at radius 3 is 1.86 bits per heavy atom. The summed E-state index contributed by atoms with van der Waals surface area (Å²) in [5.41, 5.74) is 3.71. The summed E-state index contributed by atoms with van der Waals surface area (Å²) >= 11 is 0. The van der Waals surface area contributed by atoms with Gasteiger partial charge in [0.15, 0.2) is 0 Å². The van der Waals surface area contributed by atoms with E-state index in [1.54, 1.807) is 18.2 Å². The lowest BCUT2D eigenvalue weighted by Gasteiger charge is -2.03. The minimum atomic E-state index is -0.982. The third kappa shape index (κ3) is 2.69. The Balaban J connectivity index is 1.89. The molecule has 2 N–H and O–H groups in total. The average Bonchev–Trinajstić information content (AvgIpc) is 2.98. The Bertz CT molecular complexity index is 773. The second-order valence-electron chi connectivity index (χ2n) is 4.68. The second-order valence-corrected chi connectivity index (χ2v) is 4.68. The maximum absolute atomic E-state index is 12.9. The van der Waals surface area contributed by atoms with Gasteiger partial charge in [-0.25, -0.2) is 9.18 Å². The van der Waals surface area contributed by atoms with Crippen LogP contribution in [-0.4, -0.2) is 16.1 Å². The molecule has 0 aliphatic rings. The number of halogens is 1. The van der Waals surface area contributed by atoms with Gasteiger partial charge >= 0.3 is 5.97 Å². The molecule has 21 heavy (non-hydrogen) atoms. The predicted molar refractivity (Wildman–Crippen MR) is 78.6 cm³/mol. The summed E-state index contributed by atoms with van der Waals surface area (Å²) in [5, 5.41) is 8.90. The van der Waals surface area contributed by atoms with Crippen LogP contribution >= 0.6 is 0 Å². The van der Waals surface area contributed by atoms with Gasteiger partial charge in [-0.3, -0.25) is 0 Å². The van der Waals surface area contributed by atoms with Crippen LogP contribution in [0, 0.1) is 5.82 Å². The lowest BCUT2D eigenvalue weighted by molar-refractivity contribution is 0.0691. The summed E-state index contributed by atoms with van der Waals surface area (Å²) in [7, 11) is 0. The van der Waals surface area contributed by atoms with Gasteiger partial charge in [-0.1, -0.05) is 36.4 Å². The van der Waals surface area contributed by atoms with E-state index in [9.17, 15) is 9.18 Å². The quantitative estimate of drug-likeness (QED) is 0.756. The third-order valence-electron chi connectivity index (χ3n) is 3.29. The molecule has 0 fully saturated rings. The van der Waals surface area contributed by atoms with E-state index in [1.807, 2.05) is 24.3 Å². The molecule has 0 bridgehead atoms. The topological polar surface area (TPSA) is 53.1 Å². The van der Waals surface area contributed by atoms with E-state index >= 15 is 0 Å². The van der Waals surface area contributed by atoms with Crippen molar-refractivity contribution >= 4 is 5.97 Å². The van der Waals surface area contributed by atoms with Crippen LogP contribution in [0.2, 0.25) is 0 Å². The van der Waals surface area contributed by atoms with Gasteiger partial charge in [0, 0.05) is 5.69 Å². The molecular weight excluding hydrogens is 269 g/mol. The molecule has 2 aromatic carbocycles. The van der Waals surface area contributed by atoms with Crippen molar-refractivity contribution in [1.29, 1.82) is 0 Å². The van der Waals surface area contributed by atoms with Gasteiger partial charge in [0.25, 0.3) is 0 Å². The molecule has 0 saturated carbocycles. The van der Waals surface area contributed by atoms with Crippen LogP contribution in [0.5, 0.6) is 0 Å².